The van der Waals surface area contributed by atoms with E-state index >= 15 is 0 Å². The topological polar surface area (TPSA) is 75.6 Å². The molecule has 0 radical (unpaired) electrons. The van der Waals surface area contributed by atoms with E-state index in [1.165, 1.54) is 70.6 Å². The fraction of sp³-hybridized carbons (Fsp3) is 0.947. The Labute approximate surface area is 157 Å². The zero-order valence-electron chi connectivity index (χ0n) is 16.1. The number of nitrogens with one attached hydrogen (secondary N) is 1. The molecule has 0 aliphatic carbocycles. The molecule has 0 aromatic rings. The van der Waals surface area contributed by atoms with Crippen LogP contribution in [-0.4, -0.2) is 27.8 Å². The lowest BCUT2D eigenvalue weighted by atomic mass is 10.0. The van der Waals surface area contributed by atoms with Gasteiger partial charge in [0.05, 0.1) is 6.61 Å². The van der Waals surface area contributed by atoms with Gasteiger partial charge >= 0.3 is 11.4 Å². The fourth-order valence-electron chi connectivity index (χ4n) is 2.82. The Morgan fingerprint density at radius 1 is 0.840 bits per heavy atom. The highest BCUT2D eigenvalue weighted by molar-refractivity contribution is 7.74. The standard InChI is InChI=1S/C19H39NO4S/c1-2-3-4-5-6-7-8-9-10-11-12-13-14-16-19(21)20-17-15-18-24-25(22)23/h2-18H2,1H3,(H,20,21)(H,22,23). The van der Waals surface area contributed by atoms with Crippen molar-refractivity contribution in [1.29, 1.82) is 0 Å². The Bertz CT molecular complexity index is 327. The number of carbonyl (C=O) groups is 1. The maximum Gasteiger partial charge on any atom is 0.301 e. The van der Waals surface area contributed by atoms with Gasteiger partial charge in [0.25, 0.3) is 0 Å². The number of rotatable bonds is 19. The minimum Gasteiger partial charge on any atom is -0.356 e. The van der Waals surface area contributed by atoms with Crippen LogP contribution < -0.4 is 5.32 Å². The number of carbonyl (C=O) groups excluding carboxylic acids is 1. The van der Waals surface area contributed by atoms with Gasteiger partial charge in [-0.15, -0.1) is 0 Å². The summed E-state index contributed by atoms with van der Waals surface area (Å²) in [6.07, 6.45) is 18.1. The molecule has 0 fully saturated rings. The van der Waals surface area contributed by atoms with E-state index in [1.54, 1.807) is 0 Å². The molecule has 0 aromatic heterocycles. The Morgan fingerprint density at radius 3 is 1.80 bits per heavy atom. The Morgan fingerprint density at radius 2 is 1.32 bits per heavy atom. The summed E-state index contributed by atoms with van der Waals surface area (Å²) in [6.45, 7) is 2.94. The first-order valence-electron chi connectivity index (χ1n) is 10.2. The summed E-state index contributed by atoms with van der Waals surface area (Å²) < 4.78 is 23.1. The first kappa shape index (κ1) is 24.5. The zero-order chi connectivity index (χ0) is 18.6. The van der Waals surface area contributed by atoms with Crippen molar-refractivity contribution in [2.75, 3.05) is 13.2 Å². The monoisotopic (exact) mass is 377 g/mol. The molecule has 0 saturated heterocycles. The summed E-state index contributed by atoms with van der Waals surface area (Å²) >= 11 is -2.21. The van der Waals surface area contributed by atoms with Crippen LogP contribution in [0.5, 0.6) is 0 Å². The van der Waals surface area contributed by atoms with Crippen molar-refractivity contribution in [2.24, 2.45) is 0 Å². The lowest BCUT2D eigenvalue weighted by molar-refractivity contribution is -0.121. The van der Waals surface area contributed by atoms with E-state index in [-0.39, 0.29) is 12.5 Å². The summed E-state index contributed by atoms with van der Waals surface area (Å²) in [7, 11) is 0. The third-order valence-electron chi connectivity index (χ3n) is 4.33. The van der Waals surface area contributed by atoms with Crippen LogP contribution in [0.25, 0.3) is 0 Å². The molecule has 5 nitrogen and oxygen atoms in total. The highest BCUT2D eigenvalue weighted by Crippen LogP contribution is 2.12. The number of amides is 1. The van der Waals surface area contributed by atoms with Gasteiger partial charge in [-0.05, 0) is 12.8 Å². The van der Waals surface area contributed by atoms with Crippen molar-refractivity contribution in [2.45, 2.75) is 103 Å². The molecule has 0 rings (SSSR count). The van der Waals surface area contributed by atoms with Gasteiger partial charge in [-0.1, -0.05) is 84.0 Å². The maximum atomic E-state index is 11.6. The zero-order valence-corrected chi connectivity index (χ0v) is 16.9. The first-order valence-corrected chi connectivity index (χ1v) is 11.2. The number of hydrogen-bond donors (Lipinski definition) is 2. The Hall–Kier alpha value is -0.460. The highest BCUT2D eigenvalue weighted by Gasteiger charge is 2.01. The molecule has 0 aliphatic rings. The van der Waals surface area contributed by atoms with E-state index in [2.05, 4.69) is 16.4 Å². The summed E-state index contributed by atoms with van der Waals surface area (Å²) in [5.74, 6) is 0.0631. The van der Waals surface area contributed by atoms with E-state index in [1.807, 2.05) is 0 Å². The van der Waals surface area contributed by atoms with Crippen LogP contribution in [-0.2, 0) is 20.3 Å². The van der Waals surface area contributed by atoms with Gasteiger partial charge in [0.1, 0.15) is 0 Å². The average Bonchev–Trinajstić information content (AvgIpc) is 2.58. The minimum absolute atomic E-state index is 0.0631. The lowest BCUT2D eigenvalue weighted by Gasteiger charge is -2.05. The molecule has 0 spiro atoms. The van der Waals surface area contributed by atoms with E-state index < -0.39 is 11.4 Å². The molecule has 25 heavy (non-hydrogen) atoms. The molecular formula is C19H39NO4S. The molecule has 0 aliphatic heterocycles. The van der Waals surface area contributed by atoms with E-state index in [0.717, 1.165) is 12.8 Å². The van der Waals surface area contributed by atoms with Gasteiger partial charge in [0, 0.05) is 13.0 Å². The average molecular weight is 378 g/mol. The summed E-state index contributed by atoms with van der Waals surface area (Å²) in [6, 6.07) is 0. The maximum absolute atomic E-state index is 11.6. The van der Waals surface area contributed by atoms with Crippen molar-refractivity contribution in [3.8, 4) is 0 Å². The van der Waals surface area contributed by atoms with Gasteiger partial charge in [0.15, 0.2) is 0 Å². The van der Waals surface area contributed by atoms with E-state index in [4.69, 9.17) is 4.55 Å². The van der Waals surface area contributed by atoms with Crippen LogP contribution >= 0.6 is 0 Å². The summed E-state index contributed by atoms with van der Waals surface area (Å²) in [5, 5.41) is 2.80. The highest BCUT2D eigenvalue weighted by atomic mass is 32.2. The molecule has 2 N–H and O–H groups in total. The van der Waals surface area contributed by atoms with Crippen molar-refractivity contribution >= 4 is 17.3 Å². The molecule has 0 aromatic carbocycles. The second-order valence-corrected chi connectivity index (χ2v) is 7.41. The molecule has 150 valence electrons. The predicted molar refractivity (Wildman–Crippen MR) is 105 cm³/mol. The van der Waals surface area contributed by atoms with Crippen molar-refractivity contribution in [3.05, 3.63) is 0 Å². The SMILES string of the molecule is CCCCCCCCCCCCCCCC(=O)NCCCOS(=O)O. The summed E-state index contributed by atoms with van der Waals surface area (Å²) in [5.41, 5.74) is 0. The van der Waals surface area contributed by atoms with Gasteiger partial charge in [-0.25, -0.2) is 0 Å². The van der Waals surface area contributed by atoms with Crippen LogP contribution in [0.4, 0.5) is 0 Å². The van der Waals surface area contributed by atoms with Crippen LogP contribution in [0, 0.1) is 0 Å². The van der Waals surface area contributed by atoms with Gasteiger partial charge in [0.2, 0.25) is 5.91 Å². The van der Waals surface area contributed by atoms with Crippen molar-refractivity contribution in [1.82, 2.24) is 5.32 Å². The molecule has 0 bridgehead atoms. The van der Waals surface area contributed by atoms with Gasteiger partial charge < -0.3 is 5.32 Å². The first-order chi connectivity index (χ1) is 12.2. The minimum atomic E-state index is -2.21. The third kappa shape index (κ3) is 21.5. The van der Waals surface area contributed by atoms with Gasteiger partial charge in [-0.3, -0.25) is 13.5 Å². The second-order valence-electron chi connectivity index (χ2n) is 6.74. The largest absolute Gasteiger partial charge is 0.356 e. The van der Waals surface area contributed by atoms with Crippen LogP contribution in [0.3, 0.4) is 0 Å². The fourth-order valence-corrected chi connectivity index (χ4v) is 3.08. The second kappa shape index (κ2) is 19.9. The molecule has 0 heterocycles. The third-order valence-corrected chi connectivity index (χ3v) is 4.70. The van der Waals surface area contributed by atoms with Crippen molar-refractivity contribution in [3.63, 3.8) is 0 Å². The molecule has 1 unspecified atom stereocenters. The van der Waals surface area contributed by atoms with Gasteiger partial charge in [-0.2, -0.15) is 4.21 Å². The van der Waals surface area contributed by atoms with Crippen LogP contribution in [0.1, 0.15) is 103 Å². The molecule has 0 saturated carbocycles. The number of hydrogen-bond acceptors (Lipinski definition) is 3. The lowest BCUT2D eigenvalue weighted by Crippen LogP contribution is -2.24. The quantitative estimate of drug-likeness (QED) is 0.242. The molecule has 1 amide bonds. The molecule has 6 heteroatoms. The normalized spacial score (nSPS) is 12.2. The van der Waals surface area contributed by atoms with Crippen LogP contribution in [0.15, 0.2) is 0 Å². The smallest absolute Gasteiger partial charge is 0.301 e. The molecular weight excluding hydrogens is 338 g/mol. The van der Waals surface area contributed by atoms with Crippen molar-refractivity contribution < 1.29 is 17.7 Å². The van der Waals surface area contributed by atoms with E-state index in [0.29, 0.717) is 19.4 Å². The van der Waals surface area contributed by atoms with Crippen LogP contribution in [0.2, 0.25) is 0 Å². The predicted octanol–water partition coefficient (Wildman–Crippen LogP) is 5.13. The number of unbranched alkanes of at least 4 members (excludes halogenated alkanes) is 12. The molecule has 1 atom stereocenters. The Balaban J connectivity index is 3.14. The van der Waals surface area contributed by atoms with E-state index in [9.17, 15) is 9.00 Å². The Kier molecular flexibility index (Phi) is 19.5. The summed E-state index contributed by atoms with van der Waals surface area (Å²) in [4.78, 5) is 11.6.